The van der Waals surface area contributed by atoms with Crippen molar-refractivity contribution in [3.8, 4) is 0 Å². The lowest BCUT2D eigenvalue weighted by Gasteiger charge is -2.30. The first kappa shape index (κ1) is 21.1. The highest BCUT2D eigenvalue weighted by molar-refractivity contribution is 6.30. The van der Waals surface area contributed by atoms with Gasteiger partial charge in [0, 0.05) is 27.9 Å². The van der Waals surface area contributed by atoms with Gasteiger partial charge in [-0.05, 0) is 47.2 Å². The Morgan fingerprint density at radius 3 is 2.36 bits per heavy atom. The molecule has 0 spiro atoms. The van der Waals surface area contributed by atoms with Gasteiger partial charge in [-0.3, -0.25) is 4.79 Å². The van der Waals surface area contributed by atoms with Crippen LogP contribution in [0.25, 0.3) is 0 Å². The van der Waals surface area contributed by atoms with Gasteiger partial charge in [-0.15, -0.1) is 0 Å². The van der Waals surface area contributed by atoms with Crippen LogP contribution >= 0.6 is 23.2 Å². The first-order chi connectivity index (χ1) is 13.1. The average molecular weight is 424 g/mol. The lowest BCUT2D eigenvalue weighted by atomic mass is 9.74. The van der Waals surface area contributed by atoms with E-state index in [1.54, 1.807) is 30.3 Å². The number of carboxylic acid groups (broad SMARTS) is 1. The van der Waals surface area contributed by atoms with Gasteiger partial charge in [0.1, 0.15) is 11.9 Å². The van der Waals surface area contributed by atoms with Crippen molar-refractivity contribution >= 4 is 29.2 Å². The minimum Gasteiger partial charge on any atom is -0.480 e. The summed E-state index contributed by atoms with van der Waals surface area (Å²) in [6, 6.07) is 10.7. The molecule has 2 aromatic carbocycles. The maximum atomic E-state index is 14.9. The number of hydrogen-bond donors (Lipinski definition) is 2. The van der Waals surface area contributed by atoms with Crippen LogP contribution in [0.3, 0.4) is 0 Å². The van der Waals surface area contributed by atoms with Crippen molar-refractivity contribution in [2.24, 2.45) is 5.41 Å². The SMILES string of the molecule is CC(C)(C)CC1NC(C(=O)O)C(c2cccc(Cl)c2)C1c1ccc(Cl)cc1F. The molecule has 2 N–H and O–H groups in total. The summed E-state index contributed by atoms with van der Waals surface area (Å²) < 4.78 is 14.9. The Morgan fingerprint density at radius 1 is 1.11 bits per heavy atom. The number of carboxylic acids is 1. The quantitative estimate of drug-likeness (QED) is 0.646. The summed E-state index contributed by atoms with van der Waals surface area (Å²) in [6.07, 6.45) is 0.695. The van der Waals surface area contributed by atoms with Gasteiger partial charge < -0.3 is 10.4 Å². The van der Waals surface area contributed by atoms with Crippen LogP contribution in [0.1, 0.15) is 50.2 Å². The van der Waals surface area contributed by atoms with Crippen LogP contribution in [-0.2, 0) is 4.79 Å². The summed E-state index contributed by atoms with van der Waals surface area (Å²) in [6.45, 7) is 6.27. The van der Waals surface area contributed by atoms with E-state index in [1.807, 2.05) is 6.07 Å². The molecule has 0 saturated carbocycles. The molecule has 0 aromatic heterocycles. The summed E-state index contributed by atoms with van der Waals surface area (Å²) in [5.74, 6) is -2.20. The Labute approximate surface area is 174 Å². The Balaban J connectivity index is 2.16. The van der Waals surface area contributed by atoms with E-state index in [-0.39, 0.29) is 17.4 Å². The van der Waals surface area contributed by atoms with E-state index >= 15 is 0 Å². The number of halogens is 3. The lowest BCUT2D eigenvalue weighted by molar-refractivity contribution is -0.139. The predicted octanol–water partition coefficient (Wildman–Crippen LogP) is 5.86. The van der Waals surface area contributed by atoms with Crippen LogP contribution in [0.5, 0.6) is 0 Å². The fourth-order valence-electron chi connectivity index (χ4n) is 4.26. The highest BCUT2D eigenvalue weighted by Crippen LogP contribution is 2.47. The van der Waals surface area contributed by atoms with Gasteiger partial charge in [-0.2, -0.15) is 0 Å². The van der Waals surface area contributed by atoms with Gasteiger partial charge in [0.2, 0.25) is 0 Å². The Bertz CT molecular complexity index is 881. The first-order valence-electron chi connectivity index (χ1n) is 9.26. The lowest BCUT2D eigenvalue weighted by Crippen LogP contribution is -2.39. The normalized spacial score (nSPS) is 25.1. The molecule has 1 fully saturated rings. The second kappa shape index (κ2) is 8.02. The molecular formula is C22H24Cl2FNO2. The summed E-state index contributed by atoms with van der Waals surface area (Å²) >= 11 is 12.1. The largest absolute Gasteiger partial charge is 0.480 e. The topological polar surface area (TPSA) is 49.3 Å². The highest BCUT2D eigenvalue weighted by atomic mass is 35.5. The first-order valence-corrected chi connectivity index (χ1v) is 10.0. The van der Waals surface area contributed by atoms with Gasteiger partial charge in [0.15, 0.2) is 0 Å². The van der Waals surface area contributed by atoms with E-state index in [4.69, 9.17) is 23.2 Å². The summed E-state index contributed by atoms with van der Waals surface area (Å²) in [4.78, 5) is 12.1. The molecule has 1 heterocycles. The number of hydrogen-bond acceptors (Lipinski definition) is 2. The molecule has 0 bridgehead atoms. The summed E-state index contributed by atoms with van der Waals surface area (Å²) in [5.41, 5.74) is 1.19. The van der Waals surface area contributed by atoms with Crippen molar-refractivity contribution < 1.29 is 14.3 Å². The van der Waals surface area contributed by atoms with Crippen LogP contribution in [0, 0.1) is 11.2 Å². The molecule has 1 aliphatic rings. The van der Waals surface area contributed by atoms with Gasteiger partial charge in [-0.1, -0.05) is 62.2 Å². The monoisotopic (exact) mass is 423 g/mol. The van der Waals surface area contributed by atoms with Crippen LogP contribution in [0.15, 0.2) is 42.5 Å². The molecule has 150 valence electrons. The van der Waals surface area contributed by atoms with Crippen LogP contribution in [0.4, 0.5) is 4.39 Å². The van der Waals surface area contributed by atoms with Gasteiger partial charge in [0.25, 0.3) is 0 Å². The number of nitrogens with one attached hydrogen (secondary N) is 1. The molecule has 6 heteroatoms. The van der Waals surface area contributed by atoms with Crippen molar-refractivity contribution in [2.45, 2.75) is 51.1 Å². The fraction of sp³-hybridized carbons (Fsp3) is 0.409. The smallest absolute Gasteiger partial charge is 0.321 e. The van der Waals surface area contributed by atoms with Crippen LogP contribution in [0.2, 0.25) is 10.0 Å². The Morgan fingerprint density at radius 2 is 1.79 bits per heavy atom. The van der Waals surface area contributed by atoms with Crippen molar-refractivity contribution in [3.63, 3.8) is 0 Å². The molecule has 3 nitrogen and oxygen atoms in total. The third kappa shape index (κ3) is 4.51. The van der Waals surface area contributed by atoms with E-state index in [9.17, 15) is 14.3 Å². The van der Waals surface area contributed by atoms with Crippen molar-refractivity contribution in [2.75, 3.05) is 0 Å². The molecule has 0 radical (unpaired) electrons. The molecular weight excluding hydrogens is 400 g/mol. The van der Waals surface area contributed by atoms with Gasteiger partial charge >= 0.3 is 5.97 Å². The third-order valence-corrected chi connectivity index (χ3v) is 5.70. The fourth-order valence-corrected chi connectivity index (χ4v) is 4.62. The minimum absolute atomic E-state index is 0.0644. The molecule has 1 aliphatic heterocycles. The second-order valence-electron chi connectivity index (χ2n) is 8.63. The number of aliphatic carboxylic acids is 1. The second-order valence-corrected chi connectivity index (χ2v) is 9.50. The standard InChI is InChI=1S/C22H24Cl2FNO2/c1-22(2,3)11-17-19(15-8-7-14(24)10-16(15)25)18(20(26-17)21(27)28)12-5-4-6-13(23)9-12/h4-10,17-20,26H,11H2,1-3H3,(H,27,28). The number of benzene rings is 2. The van der Waals surface area contributed by atoms with Crippen molar-refractivity contribution in [1.29, 1.82) is 0 Å². The van der Waals surface area contributed by atoms with E-state index in [0.717, 1.165) is 5.56 Å². The van der Waals surface area contributed by atoms with Crippen LogP contribution < -0.4 is 5.32 Å². The molecule has 1 saturated heterocycles. The number of carbonyl (C=O) groups is 1. The molecule has 4 atom stereocenters. The van der Waals surface area contributed by atoms with E-state index in [2.05, 4.69) is 26.1 Å². The predicted molar refractivity (Wildman–Crippen MR) is 111 cm³/mol. The van der Waals surface area contributed by atoms with Crippen LogP contribution in [-0.4, -0.2) is 23.2 Å². The highest BCUT2D eigenvalue weighted by Gasteiger charge is 2.49. The molecule has 0 aliphatic carbocycles. The number of rotatable bonds is 4. The average Bonchev–Trinajstić information content (AvgIpc) is 2.92. The van der Waals surface area contributed by atoms with E-state index < -0.39 is 23.7 Å². The van der Waals surface area contributed by atoms with Gasteiger partial charge in [0.05, 0.1) is 0 Å². The minimum atomic E-state index is -0.958. The van der Waals surface area contributed by atoms with E-state index in [0.29, 0.717) is 22.0 Å². The molecule has 2 aromatic rings. The Hall–Kier alpha value is -1.62. The zero-order valence-corrected chi connectivity index (χ0v) is 17.6. The summed E-state index contributed by atoms with van der Waals surface area (Å²) in [7, 11) is 0. The molecule has 4 unspecified atom stereocenters. The van der Waals surface area contributed by atoms with Crippen molar-refractivity contribution in [3.05, 3.63) is 69.5 Å². The van der Waals surface area contributed by atoms with Crippen molar-refractivity contribution in [1.82, 2.24) is 5.32 Å². The van der Waals surface area contributed by atoms with Gasteiger partial charge in [-0.25, -0.2) is 4.39 Å². The molecule has 28 heavy (non-hydrogen) atoms. The maximum absolute atomic E-state index is 14.9. The molecule has 3 rings (SSSR count). The zero-order chi connectivity index (χ0) is 20.6. The van der Waals surface area contributed by atoms with E-state index in [1.165, 1.54) is 6.07 Å². The molecule has 0 amide bonds. The summed E-state index contributed by atoms with van der Waals surface area (Å²) in [5, 5.41) is 14.0. The zero-order valence-electron chi connectivity index (χ0n) is 16.0. The Kier molecular flexibility index (Phi) is 6.04. The third-order valence-electron chi connectivity index (χ3n) is 5.23. The maximum Gasteiger partial charge on any atom is 0.321 e.